The number of H-pyrrole nitrogens is 1. The van der Waals surface area contributed by atoms with Crippen molar-refractivity contribution >= 4 is 33.3 Å². The number of aromatic carboxylic acids is 1. The van der Waals surface area contributed by atoms with E-state index in [0.717, 1.165) is 6.20 Å². The largest absolute Gasteiger partial charge is 0.478 e. The van der Waals surface area contributed by atoms with Gasteiger partial charge in [0.25, 0.3) is 10.0 Å². The van der Waals surface area contributed by atoms with Crippen LogP contribution in [0.1, 0.15) is 16.1 Å². The summed E-state index contributed by atoms with van der Waals surface area (Å²) in [5.41, 5.74) is -0.0686. The number of hydrogen-bond donors (Lipinski definition) is 3. The number of halogens is 1. The molecule has 0 aliphatic heterocycles. The Balaban J connectivity index is 2.48. The topological polar surface area (TPSA) is 112 Å². The first-order valence-electron chi connectivity index (χ1n) is 5.37. The summed E-state index contributed by atoms with van der Waals surface area (Å²) in [6.07, 6.45) is 1.14. The van der Waals surface area contributed by atoms with E-state index in [-0.39, 0.29) is 21.2 Å². The van der Waals surface area contributed by atoms with E-state index in [1.165, 1.54) is 25.1 Å². The molecule has 20 heavy (non-hydrogen) atoms. The summed E-state index contributed by atoms with van der Waals surface area (Å²) in [4.78, 5) is 11.1. The molecular weight excluding hydrogens is 306 g/mol. The van der Waals surface area contributed by atoms with Crippen molar-refractivity contribution in [3.8, 4) is 0 Å². The molecule has 3 N–H and O–H groups in total. The molecule has 9 heteroatoms. The van der Waals surface area contributed by atoms with E-state index < -0.39 is 16.0 Å². The zero-order chi connectivity index (χ0) is 14.9. The molecule has 0 fully saturated rings. The van der Waals surface area contributed by atoms with Gasteiger partial charge in [0.15, 0.2) is 0 Å². The van der Waals surface area contributed by atoms with Crippen molar-refractivity contribution in [1.29, 1.82) is 0 Å². The van der Waals surface area contributed by atoms with Gasteiger partial charge in [0.05, 0.1) is 22.6 Å². The number of aromatic amines is 1. The maximum absolute atomic E-state index is 12.2. The fraction of sp³-hybridized carbons (Fsp3) is 0.0909. The number of nitrogens with one attached hydrogen (secondary N) is 2. The Kier molecular flexibility index (Phi) is 3.69. The van der Waals surface area contributed by atoms with Crippen LogP contribution < -0.4 is 4.72 Å². The molecule has 1 aromatic carbocycles. The Morgan fingerprint density at radius 2 is 2.15 bits per heavy atom. The molecule has 2 aromatic rings. The summed E-state index contributed by atoms with van der Waals surface area (Å²) in [5, 5.41) is 15.2. The van der Waals surface area contributed by atoms with Crippen LogP contribution in [0.3, 0.4) is 0 Å². The standard InChI is InChI=1S/C11H10ClN3O4S/c1-6-9(5-13-14-6)20(18,19)15-8-4-2-3-7(12)10(8)11(16)17/h2-5,15H,1H3,(H,13,14)(H,16,17). The van der Waals surface area contributed by atoms with Crippen molar-refractivity contribution in [3.63, 3.8) is 0 Å². The van der Waals surface area contributed by atoms with Crippen molar-refractivity contribution in [1.82, 2.24) is 10.2 Å². The van der Waals surface area contributed by atoms with Crippen molar-refractivity contribution in [2.45, 2.75) is 11.8 Å². The minimum absolute atomic E-state index is 0.0541. The van der Waals surface area contributed by atoms with Gasteiger partial charge in [0.2, 0.25) is 0 Å². The molecule has 0 atom stereocenters. The Morgan fingerprint density at radius 1 is 1.45 bits per heavy atom. The normalized spacial score (nSPS) is 11.3. The molecule has 2 rings (SSSR count). The SMILES string of the molecule is Cc1[nH]ncc1S(=O)(=O)Nc1cccc(Cl)c1C(=O)O. The van der Waals surface area contributed by atoms with Gasteiger partial charge in [0, 0.05) is 0 Å². The monoisotopic (exact) mass is 315 g/mol. The molecule has 7 nitrogen and oxygen atoms in total. The quantitative estimate of drug-likeness (QED) is 0.797. The van der Waals surface area contributed by atoms with Crippen LogP contribution in [0.2, 0.25) is 5.02 Å². The molecule has 0 unspecified atom stereocenters. The number of aromatic nitrogens is 2. The molecule has 0 saturated heterocycles. The number of rotatable bonds is 4. The van der Waals surface area contributed by atoms with Gasteiger partial charge >= 0.3 is 5.97 Å². The first kappa shape index (κ1) is 14.4. The maximum Gasteiger partial charge on any atom is 0.339 e. The van der Waals surface area contributed by atoms with E-state index >= 15 is 0 Å². The summed E-state index contributed by atoms with van der Waals surface area (Å²) in [5.74, 6) is -1.32. The third-order valence-electron chi connectivity index (χ3n) is 2.54. The van der Waals surface area contributed by atoms with Crippen molar-refractivity contribution in [3.05, 3.63) is 40.7 Å². The van der Waals surface area contributed by atoms with Crippen LogP contribution in [0.4, 0.5) is 5.69 Å². The molecule has 106 valence electrons. The molecule has 0 amide bonds. The molecule has 1 aromatic heterocycles. The molecule has 0 spiro atoms. The lowest BCUT2D eigenvalue weighted by Crippen LogP contribution is -2.16. The summed E-state index contributed by atoms with van der Waals surface area (Å²) in [6.45, 7) is 1.54. The van der Waals surface area contributed by atoms with Gasteiger partial charge in [-0.1, -0.05) is 17.7 Å². The number of aryl methyl sites for hydroxylation is 1. The van der Waals surface area contributed by atoms with Crippen LogP contribution in [-0.4, -0.2) is 29.7 Å². The van der Waals surface area contributed by atoms with Crippen LogP contribution in [0.5, 0.6) is 0 Å². The fourth-order valence-electron chi connectivity index (χ4n) is 1.64. The Morgan fingerprint density at radius 3 is 2.70 bits per heavy atom. The lowest BCUT2D eigenvalue weighted by Gasteiger charge is -2.10. The van der Waals surface area contributed by atoms with Gasteiger partial charge < -0.3 is 5.11 Å². The van der Waals surface area contributed by atoms with Gasteiger partial charge in [-0.15, -0.1) is 0 Å². The van der Waals surface area contributed by atoms with E-state index in [4.69, 9.17) is 16.7 Å². The lowest BCUT2D eigenvalue weighted by atomic mass is 10.2. The highest BCUT2D eigenvalue weighted by Gasteiger charge is 2.22. The smallest absolute Gasteiger partial charge is 0.339 e. The van der Waals surface area contributed by atoms with E-state index in [0.29, 0.717) is 5.69 Å². The average molecular weight is 316 g/mol. The number of carboxylic acid groups (broad SMARTS) is 1. The second-order valence-corrected chi connectivity index (χ2v) is 5.99. The highest BCUT2D eigenvalue weighted by atomic mass is 35.5. The number of carbonyl (C=O) groups is 1. The van der Waals surface area contributed by atoms with Crippen LogP contribution in [-0.2, 0) is 10.0 Å². The number of nitrogens with zero attached hydrogens (tertiary/aromatic N) is 1. The number of anilines is 1. The van der Waals surface area contributed by atoms with E-state index in [2.05, 4.69) is 14.9 Å². The number of benzene rings is 1. The van der Waals surface area contributed by atoms with Gasteiger partial charge in [-0.3, -0.25) is 9.82 Å². The molecule has 1 heterocycles. The van der Waals surface area contributed by atoms with Crippen molar-refractivity contribution in [2.75, 3.05) is 4.72 Å². The summed E-state index contributed by atoms with van der Waals surface area (Å²) in [7, 11) is -3.94. The first-order chi connectivity index (χ1) is 9.33. The second kappa shape index (κ2) is 5.14. The van der Waals surface area contributed by atoms with Crippen LogP contribution >= 0.6 is 11.6 Å². The zero-order valence-corrected chi connectivity index (χ0v) is 11.8. The van der Waals surface area contributed by atoms with Crippen molar-refractivity contribution in [2.24, 2.45) is 0 Å². The second-order valence-electron chi connectivity index (χ2n) is 3.93. The highest BCUT2D eigenvalue weighted by molar-refractivity contribution is 7.92. The number of carboxylic acids is 1. The third kappa shape index (κ3) is 2.61. The van der Waals surface area contributed by atoms with E-state index in [1.54, 1.807) is 0 Å². The predicted molar refractivity (Wildman–Crippen MR) is 72.5 cm³/mol. The summed E-state index contributed by atoms with van der Waals surface area (Å²) >= 11 is 5.78. The maximum atomic E-state index is 12.2. The number of sulfonamides is 1. The minimum Gasteiger partial charge on any atom is -0.478 e. The first-order valence-corrected chi connectivity index (χ1v) is 7.23. The van der Waals surface area contributed by atoms with Crippen LogP contribution in [0, 0.1) is 6.92 Å². The molecule has 0 aliphatic rings. The summed E-state index contributed by atoms with van der Waals surface area (Å²) < 4.78 is 26.5. The van der Waals surface area contributed by atoms with Gasteiger partial charge in [-0.2, -0.15) is 5.10 Å². The third-order valence-corrected chi connectivity index (χ3v) is 4.34. The predicted octanol–water partition coefficient (Wildman–Crippen LogP) is 1.87. The molecular formula is C11H10ClN3O4S. The molecule has 0 aliphatic carbocycles. The van der Waals surface area contributed by atoms with Crippen LogP contribution in [0.25, 0.3) is 0 Å². The Hall–Kier alpha value is -2.06. The van der Waals surface area contributed by atoms with E-state index in [9.17, 15) is 13.2 Å². The summed E-state index contributed by atoms with van der Waals surface area (Å²) in [6, 6.07) is 4.14. The van der Waals surface area contributed by atoms with Crippen molar-refractivity contribution < 1.29 is 18.3 Å². The lowest BCUT2D eigenvalue weighted by molar-refractivity contribution is 0.0698. The molecule has 0 saturated carbocycles. The number of hydrogen-bond acceptors (Lipinski definition) is 4. The van der Waals surface area contributed by atoms with E-state index in [1.807, 2.05) is 0 Å². The molecule has 0 radical (unpaired) electrons. The average Bonchev–Trinajstić information content (AvgIpc) is 2.75. The van der Waals surface area contributed by atoms with Gasteiger partial charge in [0.1, 0.15) is 10.5 Å². The van der Waals surface area contributed by atoms with Gasteiger partial charge in [-0.05, 0) is 19.1 Å². The Bertz CT molecular complexity index is 770. The fourth-order valence-corrected chi connectivity index (χ4v) is 3.10. The highest BCUT2D eigenvalue weighted by Crippen LogP contribution is 2.26. The Labute approximate surface area is 119 Å². The minimum atomic E-state index is -3.94. The zero-order valence-electron chi connectivity index (χ0n) is 10.2. The molecule has 0 bridgehead atoms. The van der Waals surface area contributed by atoms with Gasteiger partial charge in [-0.25, -0.2) is 13.2 Å². The van der Waals surface area contributed by atoms with Crippen LogP contribution in [0.15, 0.2) is 29.3 Å².